The molecule has 3 nitrogen and oxygen atoms in total. The molecule has 0 aliphatic carbocycles. The van der Waals surface area contributed by atoms with Crippen LogP contribution in [0.5, 0.6) is 0 Å². The molecule has 1 saturated heterocycles. The number of alkyl halides is 3. The van der Waals surface area contributed by atoms with E-state index in [-0.39, 0.29) is 6.42 Å². The minimum atomic E-state index is -4.10. The lowest BCUT2D eigenvalue weighted by molar-refractivity contribution is -0.178. The van der Waals surface area contributed by atoms with E-state index in [1.165, 1.54) is 11.3 Å². The first-order valence-corrected chi connectivity index (χ1v) is 6.20. The molecule has 2 unspecified atom stereocenters. The van der Waals surface area contributed by atoms with Crippen LogP contribution >= 0.6 is 11.3 Å². The summed E-state index contributed by atoms with van der Waals surface area (Å²) >= 11 is 1.33. The molecule has 2 heterocycles. The molecule has 7 heteroatoms. The first kappa shape index (κ1) is 12.6. The maximum absolute atomic E-state index is 12.7. The standard InChI is InChI=1S/C10H14F3N3S/c1-6-8(10(11,12)13)2-3-16(6)5-7-4-15-9(14)17-7/h4,6,8H,2-3,5H2,1H3,(H2,14,15). The minimum Gasteiger partial charge on any atom is -0.375 e. The lowest BCUT2D eigenvalue weighted by Gasteiger charge is -2.25. The van der Waals surface area contributed by atoms with E-state index in [0.29, 0.717) is 18.2 Å². The second-order valence-electron chi connectivity index (χ2n) is 4.31. The molecule has 1 aliphatic rings. The molecule has 0 amide bonds. The van der Waals surface area contributed by atoms with Crippen LogP contribution in [0.15, 0.2) is 6.20 Å². The van der Waals surface area contributed by atoms with Crippen LogP contribution in [0.4, 0.5) is 18.3 Å². The molecule has 2 N–H and O–H groups in total. The van der Waals surface area contributed by atoms with Gasteiger partial charge in [-0.2, -0.15) is 13.2 Å². The van der Waals surface area contributed by atoms with Crippen molar-refractivity contribution in [1.82, 2.24) is 9.88 Å². The van der Waals surface area contributed by atoms with Gasteiger partial charge >= 0.3 is 6.18 Å². The van der Waals surface area contributed by atoms with Gasteiger partial charge in [-0.1, -0.05) is 0 Å². The third kappa shape index (κ3) is 2.71. The second kappa shape index (κ2) is 4.45. The first-order chi connectivity index (χ1) is 7.88. The Hall–Kier alpha value is -0.820. The summed E-state index contributed by atoms with van der Waals surface area (Å²) in [6, 6.07) is -0.474. The van der Waals surface area contributed by atoms with Crippen molar-refractivity contribution in [3.05, 3.63) is 11.1 Å². The number of nitrogens with zero attached hydrogens (tertiary/aromatic N) is 2. The lowest BCUT2D eigenvalue weighted by Crippen LogP contribution is -2.35. The highest BCUT2D eigenvalue weighted by molar-refractivity contribution is 7.15. The Balaban J connectivity index is 2.01. The molecule has 1 fully saturated rings. The summed E-state index contributed by atoms with van der Waals surface area (Å²) in [5, 5.41) is 0.458. The Labute approximate surface area is 101 Å². The van der Waals surface area contributed by atoms with Crippen LogP contribution in [-0.4, -0.2) is 28.6 Å². The van der Waals surface area contributed by atoms with Crippen LogP contribution in [0.1, 0.15) is 18.2 Å². The van der Waals surface area contributed by atoms with Crippen molar-refractivity contribution in [1.29, 1.82) is 0 Å². The van der Waals surface area contributed by atoms with Crippen molar-refractivity contribution in [2.24, 2.45) is 5.92 Å². The van der Waals surface area contributed by atoms with Gasteiger partial charge in [-0.15, -0.1) is 11.3 Å². The fraction of sp³-hybridized carbons (Fsp3) is 0.700. The second-order valence-corrected chi connectivity index (χ2v) is 5.46. The van der Waals surface area contributed by atoms with Gasteiger partial charge in [0.1, 0.15) is 0 Å². The predicted molar refractivity (Wildman–Crippen MR) is 60.6 cm³/mol. The smallest absolute Gasteiger partial charge is 0.375 e. The third-order valence-corrected chi connectivity index (χ3v) is 4.05. The van der Waals surface area contributed by atoms with E-state index in [9.17, 15) is 13.2 Å². The highest BCUT2D eigenvalue weighted by Gasteiger charge is 2.48. The molecule has 0 radical (unpaired) electrons. The van der Waals surface area contributed by atoms with Gasteiger partial charge in [0.15, 0.2) is 5.13 Å². The van der Waals surface area contributed by atoms with E-state index < -0.39 is 18.1 Å². The zero-order valence-electron chi connectivity index (χ0n) is 9.37. The van der Waals surface area contributed by atoms with Crippen LogP contribution in [0, 0.1) is 5.92 Å². The summed E-state index contributed by atoms with van der Waals surface area (Å²) < 4.78 is 38.0. The van der Waals surface area contributed by atoms with Gasteiger partial charge in [0, 0.05) is 23.7 Å². The fourth-order valence-corrected chi connectivity index (χ4v) is 2.97. The summed E-state index contributed by atoms with van der Waals surface area (Å²) in [5.74, 6) is -1.22. The molecule has 2 atom stereocenters. The Morgan fingerprint density at radius 1 is 1.59 bits per heavy atom. The van der Waals surface area contributed by atoms with Crippen molar-refractivity contribution >= 4 is 16.5 Å². The van der Waals surface area contributed by atoms with Crippen LogP contribution in [0.25, 0.3) is 0 Å². The van der Waals surface area contributed by atoms with Crippen molar-refractivity contribution in [2.75, 3.05) is 12.3 Å². The number of hydrogen-bond acceptors (Lipinski definition) is 4. The number of rotatable bonds is 2. The Morgan fingerprint density at radius 3 is 2.76 bits per heavy atom. The van der Waals surface area contributed by atoms with E-state index in [4.69, 9.17) is 5.73 Å². The Kier molecular flexibility index (Phi) is 3.31. The number of nitrogen functional groups attached to an aromatic ring is 1. The molecule has 1 aliphatic heterocycles. The number of aromatic nitrogens is 1. The lowest BCUT2D eigenvalue weighted by atomic mass is 10.0. The normalized spacial score (nSPS) is 26.6. The molecule has 1 aromatic heterocycles. The molecule has 1 aromatic rings. The van der Waals surface area contributed by atoms with Crippen molar-refractivity contribution in [2.45, 2.75) is 32.1 Å². The highest BCUT2D eigenvalue weighted by Crippen LogP contribution is 2.38. The average Bonchev–Trinajstić information content (AvgIpc) is 2.74. The predicted octanol–water partition coefficient (Wildman–Crippen LogP) is 2.50. The van der Waals surface area contributed by atoms with Gasteiger partial charge in [0.2, 0.25) is 0 Å². The third-order valence-electron chi connectivity index (χ3n) is 3.24. The van der Waals surface area contributed by atoms with E-state index in [1.54, 1.807) is 13.1 Å². The molecular weight excluding hydrogens is 251 g/mol. The summed E-state index contributed by atoms with van der Waals surface area (Å²) in [5.41, 5.74) is 5.49. The quantitative estimate of drug-likeness (QED) is 0.893. The van der Waals surface area contributed by atoms with Crippen molar-refractivity contribution in [3.63, 3.8) is 0 Å². The number of anilines is 1. The molecule has 0 saturated carbocycles. The van der Waals surface area contributed by atoms with E-state index in [1.807, 2.05) is 4.90 Å². The van der Waals surface area contributed by atoms with Gasteiger partial charge in [0.25, 0.3) is 0 Å². The van der Waals surface area contributed by atoms with Crippen molar-refractivity contribution < 1.29 is 13.2 Å². The molecule has 2 rings (SSSR count). The first-order valence-electron chi connectivity index (χ1n) is 5.39. The van der Waals surface area contributed by atoms with Gasteiger partial charge in [-0.3, -0.25) is 4.90 Å². The number of nitrogens with two attached hydrogens (primary N) is 1. The maximum Gasteiger partial charge on any atom is 0.393 e. The van der Waals surface area contributed by atoms with Crippen LogP contribution in [-0.2, 0) is 6.54 Å². The number of hydrogen-bond donors (Lipinski definition) is 1. The van der Waals surface area contributed by atoms with Crippen LogP contribution < -0.4 is 5.73 Å². The number of thiazole rings is 1. The molecule has 0 bridgehead atoms. The maximum atomic E-state index is 12.7. The van der Waals surface area contributed by atoms with Gasteiger partial charge in [-0.05, 0) is 19.9 Å². The van der Waals surface area contributed by atoms with Gasteiger partial charge in [0.05, 0.1) is 5.92 Å². The van der Waals surface area contributed by atoms with E-state index >= 15 is 0 Å². The summed E-state index contributed by atoms with van der Waals surface area (Å²) in [6.07, 6.45) is -2.28. The number of halogens is 3. The average molecular weight is 265 g/mol. The summed E-state index contributed by atoms with van der Waals surface area (Å²) in [4.78, 5) is 6.65. The van der Waals surface area contributed by atoms with E-state index in [0.717, 1.165) is 4.88 Å². The van der Waals surface area contributed by atoms with Gasteiger partial charge in [-0.25, -0.2) is 4.98 Å². The Bertz CT molecular complexity index is 390. The summed E-state index contributed by atoms with van der Waals surface area (Å²) in [7, 11) is 0. The van der Waals surface area contributed by atoms with Crippen LogP contribution in [0.3, 0.4) is 0 Å². The van der Waals surface area contributed by atoms with E-state index in [2.05, 4.69) is 4.98 Å². The fourth-order valence-electron chi connectivity index (χ4n) is 2.26. The topological polar surface area (TPSA) is 42.2 Å². The summed E-state index contributed by atoms with van der Waals surface area (Å²) in [6.45, 7) is 2.61. The zero-order valence-corrected chi connectivity index (χ0v) is 10.2. The highest BCUT2D eigenvalue weighted by atomic mass is 32.1. The molecule has 0 spiro atoms. The largest absolute Gasteiger partial charge is 0.393 e. The molecular formula is C10H14F3N3S. The zero-order chi connectivity index (χ0) is 12.6. The monoisotopic (exact) mass is 265 g/mol. The minimum absolute atomic E-state index is 0.180. The van der Waals surface area contributed by atoms with Gasteiger partial charge < -0.3 is 5.73 Å². The molecule has 0 aromatic carbocycles. The SMILES string of the molecule is CC1C(C(F)(F)F)CCN1Cc1cnc(N)s1. The molecule has 96 valence electrons. The molecule has 17 heavy (non-hydrogen) atoms. The van der Waals surface area contributed by atoms with Crippen molar-refractivity contribution in [3.8, 4) is 0 Å². The number of likely N-dealkylation sites (tertiary alicyclic amines) is 1. The van der Waals surface area contributed by atoms with Crippen LogP contribution in [0.2, 0.25) is 0 Å². The Morgan fingerprint density at radius 2 is 2.29 bits per heavy atom.